The van der Waals surface area contributed by atoms with Crippen LogP contribution >= 0.6 is 11.8 Å². The average molecular weight is 503 g/mol. The molecule has 0 unspecified atom stereocenters. The van der Waals surface area contributed by atoms with Gasteiger partial charge in [-0.3, -0.25) is 23.8 Å². The number of H-pyrrole nitrogens is 1. The Morgan fingerprint density at radius 1 is 1.14 bits per heavy atom. The molecule has 35 heavy (non-hydrogen) atoms. The van der Waals surface area contributed by atoms with Gasteiger partial charge in [0.2, 0.25) is 0 Å². The average Bonchev–Trinajstić information content (AvgIpc) is 3.35. The zero-order valence-corrected chi connectivity index (χ0v) is 19.9. The molecular formula is C23H27FN6O4S. The molecular weight excluding hydrogens is 475 g/mol. The lowest BCUT2D eigenvalue weighted by atomic mass is 9.90. The highest BCUT2D eigenvalue weighted by Gasteiger charge is 2.30. The van der Waals surface area contributed by atoms with E-state index < -0.39 is 17.1 Å². The number of pyridine rings is 1. The van der Waals surface area contributed by atoms with Crippen LogP contribution in [0.25, 0.3) is 11.0 Å². The van der Waals surface area contributed by atoms with Gasteiger partial charge in [0, 0.05) is 29.9 Å². The van der Waals surface area contributed by atoms with Crippen molar-refractivity contribution in [1.82, 2.24) is 29.6 Å². The number of rotatable bonds is 5. The summed E-state index contributed by atoms with van der Waals surface area (Å²) in [5, 5.41) is 18.9. The van der Waals surface area contributed by atoms with Gasteiger partial charge in [-0.2, -0.15) is 16.9 Å². The molecule has 1 aliphatic heterocycles. The maximum absolute atomic E-state index is 14.0. The van der Waals surface area contributed by atoms with Crippen molar-refractivity contribution in [3.63, 3.8) is 0 Å². The quantitative estimate of drug-likeness (QED) is 0.485. The van der Waals surface area contributed by atoms with E-state index in [2.05, 4.69) is 20.5 Å². The van der Waals surface area contributed by atoms with Crippen molar-refractivity contribution in [2.45, 2.75) is 63.3 Å². The summed E-state index contributed by atoms with van der Waals surface area (Å²) in [6.45, 7) is -0.293. The van der Waals surface area contributed by atoms with Crippen LogP contribution in [-0.2, 0) is 6.61 Å². The third kappa shape index (κ3) is 4.52. The molecule has 0 radical (unpaired) electrons. The van der Waals surface area contributed by atoms with Gasteiger partial charge in [-0.1, -0.05) is 0 Å². The fourth-order valence-electron chi connectivity index (χ4n) is 5.16. The number of fused-ring (bicyclic) bond motifs is 1. The van der Waals surface area contributed by atoms with Crippen molar-refractivity contribution in [2.24, 2.45) is 0 Å². The number of hydrogen-bond acceptors (Lipinski definition) is 7. The Bertz CT molecular complexity index is 1350. The lowest BCUT2D eigenvalue weighted by Crippen LogP contribution is -2.46. The summed E-state index contributed by atoms with van der Waals surface area (Å²) in [4.78, 5) is 43.7. The van der Waals surface area contributed by atoms with E-state index in [1.807, 2.05) is 11.8 Å². The lowest BCUT2D eigenvalue weighted by molar-refractivity contribution is 0.0913. The third-order valence-electron chi connectivity index (χ3n) is 6.98. The topological polar surface area (TPSA) is 135 Å². The van der Waals surface area contributed by atoms with E-state index in [0.29, 0.717) is 31.2 Å². The van der Waals surface area contributed by atoms with Crippen molar-refractivity contribution in [3.8, 4) is 0 Å². The summed E-state index contributed by atoms with van der Waals surface area (Å²) in [7, 11) is 0. The number of aromatic amines is 1. The van der Waals surface area contributed by atoms with Gasteiger partial charge in [-0.25, -0.2) is 14.2 Å². The molecule has 186 valence electrons. The molecule has 0 atom stereocenters. The summed E-state index contributed by atoms with van der Waals surface area (Å²) in [5.74, 6) is 0.841. The number of aromatic nitrogens is 5. The standard InChI is InChI=1S/C23H27FN6O4S/c24-14-9-18-20(25-11-14)29(17-5-7-35-8-6-17)23(34)30(22(18)33)16-3-1-15(2-4-16)27-21(32)19-13(12-31)10-26-28-19/h9-11,15-17,31H,1-8,12H2,(H,26,28)(H,27,32)/t15-,16+. The van der Waals surface area contributed by atoms with Gasteiger partial charge >= 0.3 is 5.69 Å². The molecule has 2 fully saturated rings. The predicted molar refractivity (Wildman–Crippen MR) is 129 cm³/mol. The van der Waals surface area contributed by atoms with Crippen LogP contribution in [0.15, 0.2) is 28.0 Å². The molecule has 1 amide bonds. The van der Waals surface area contributed by atoms with Crippen molar-refractivity contribution in [2.75, 3.05) is 11.5 Å². The van der Waals surface area contributed by atoms with Gasteiger partial charge in [-0.05, 0) is 56.1 Å². The summed E-state index contributed by atoms with van der Waals surface area (Å²) < 4.78 is 16.9. The Morgan fingerprint density at radius 2 is 1.86 bits per heavy atom. The predicted octanol–water partition coefficient (Wildman–Crippen LogP) is 1.89. The highest BCUT2D eigenvalue weighted by atomic mass is 32.2. The highest BCUT2D eigenvalue weighted by molar-refractivity contribution is 7.99. The second-order valence-corrected chi connectivity index (χ2v) is 10.3. The van der Waals surface area contributed by atoms with Crippen LogP contribution in [0.4, 0.5) is 4.39 Å². The van der Waals surface area contributed by atoms with Crippen LogP contribution in [0.5, 0.6) is 0 Å². The van der Waals surface area contributed by atoms with E-state index in [-0.39, 0.29) is 47.4 Å². The molecule has 1 saturated carbocycles. The number of hydrogen-bond donors (Lipinski definition) is 3. The van der Waals surface area contributed by atoms with Gasteiger partial charge in [0.05, 0.1) is 18.2 Å². The Hall–Kier alpha value is -2.99. The van der Waals surface area contributed by atoms with Crippen LogP contribution < -0.4 is 16.6 Å². The van der Waals surface area contributed by atoms with Crippen LogP contribution in [-0.4, -0.2) is 52.9 Å². The minimum Gasteiger partial charge on any atom is -0.392 e. The molecule has 2 aliphatic rings. The smallest absolute Gasteiger partial charge is 0.333 e. The van der Waals surface area contributed by atoms with Gasteiger partial charge < -0.3 is 10.4 Å². The van der Waals surface area contributed by atoms with E-state index in [0.717, 1.165) is 30.5 Å². The Balaban J connectivity index is 1.42. The maximum Gasteiger partial charge on any atom is 0.333 e. The van der Waals surface area contributed by atoms with E-state index in [1.165, 1.54) is 16.8 Å². The molecule has 5 rings (SSSR count). The zero-order chi connectivity index (χ0) is 24.5. The first-order chi connectivity index (χ1) is 17.0. The fraction of sp³-hybridized carbons (Fsp3) is 0.522. The van der Waals surface area contributed by atoms with Crippen molar-refractivity contribution in [3.05, 3.63) is 56.4 Å². The molecule has 0 bridgehead atoms. The Labute approximate surface area is 203 Å². The maximum atomic E-state index is 14.0. The molecule has 4 heterocycles. The molecule has 10 nitrogen and oxygen atoms in total. The van der Waals surface area contributed by atoms with Crippen LogP contribution in [0, 0.1) is 5.82 Å². The molecule has 1 aliphatic carbocycles. The molecule has 12 heteroatoms. The second-order valence-electron chi connectivity index (χ2n) is 9.09. The van der Waals surface area contributed by atoms with E-state index in [4.69, 9.17) is 0 Å². The minimum atomic E-state index is -0.613. The SMILES string of the molecule is O=C(N[C@H]1CC[C@@H](n2c(=O)c3cc(F)cnc3n(C3CCSCC3)c2=O)CC1)c1n[nH]cc1CO. The first-order valence-electron chi connectivity index (χ1n) is 11.8. The molecule has 0 spiro atoms. The van der Waals surface area contributed by atoms with Crippen LogP contribution in [0.1, 0.15) is 66.7 Å². The summed E-state index contributed by atoms with van der Waals surface area (Å²) in [5.41, 5.74) is -0.0934. The van der Waals surface area contributed by atoms with Gasteiger partial charge in [0.15, 0.2) is 5.69 Å². The monoisotopic (exact) mass is 502 g/mol. The zero-order valence-electron chi connectivity index (χ0n) is 19.1. The highest BCUT2D eigenvalue weighted by Crippen LogP contribution is 2.30. The van der Waals surface area contributed by atoms with Crippen LogP contribution in [0.3, 0.4) is 0 Å². The van der Waals surface area contributed by atoms with Gasteiger partial charge in [-0.15, -0.1) is 0 Å². The minimum absolute atomic E-state index is 0.0822. The Morgan fingerprint density at radius 3 is 2.57 bits per heavy atom. The number of halogens is 1. The summed E-state index contributed by atoms with van der Waals surface area (Å²) >= 11 is 1.83. The molecule has 3 N–H and O–H groups in total. The van der Waals surface area contributed by atoms with Crippen molar-refractivity contribution < 1.29 is 14.3 Å². The second kappa shape index (κ2) is 9.94. The number of aliphatic hydroxyl groups is 1. The fourth-order valence-corrected chi connectivity index (χ4v) is 6.24. The molecule has 1 saturated heterocycles. The largest absolute Gasteiger partial charge is 0.392 e. The lowest BCUT2D eigenvalue weighted by Gasteiger charge is -2.31. The Kier molecular flexibility index (Phi) is 6.74. The van der Waals surface area contributed by atoms with Crippen molar-refractivity contribution in [1.29, 1.82) is 0 Å². The number of carbonyl (C=O) groups excluding carboxylic acids is 1. The number of amides is 1. The number of nitrogens with zero attached hydrogens (tertiary/aromatic N) is 4. The van der Waals surface area contributed by atoms with E-state index in [1.54, 1.807) is 4.57 Å². The summed E-state index contributed by atoms with van der Waals surface area (Å²) in [6.07, 6.45) is 6.28. The summed E-state index contributed by atoms with van der Waals surface area (Å²) in [6, 6.07) is 0.595. The molecule has 3 aromatic heterocycles. The van der Waals surface area contributed by atoms with Crippen LogP contribution in [0.2, 0.25) is 0 Å². The van der Waals surface area contributed by atoms with E-state index >= 15 is 0 Å². The molecule has 3 aromatic rings. The molecule has 0 aromatic carbocycles. The van der Waals surface area contributed by atoms with E-state index in [9.17, 15) is 23.9 Å². The number of nitrogens with one attached hydrogen (secondary N) is 2. The first kappa shape index (κ1) is 23.7. The third-order valence-corrected chi connectivity index (χ3v) is 8.03. The number of carbonyl (C=O) groups is 1. The normalized spacial score (nSPS) is 21.3. The number of thioether (sulfide) groups is 1. The number of aliphatic hydroxyl groups excluding tert-OH is 1. The van der Waals surface area contributed by atoms with Gasteiger partial charge in [0.25, 0.3) is 11.5 Å². The first-order valence-corrected chi connectivity index (χ1v) is 13.0. The van der Waals surface area contributed by atoms with Gasteiger partial charge in [0.1, 0.15) is 11.5 Å². The van der Waals surface area contributed by atoms with Crippen molar-refractivity contribution >= 4 is 28.7 Å².